The zero-order valence-electron chi connectivity index (χ0n) is 9.98. The SMILES string of the molecule is Cl.O=C(NC1CC2CCC1O2)C1CCCNC1. The molecule has 2 N–H and O–H groups in total. The Morgan fingerprint density at radius 3 is 2.76 bits per heavy atom. The number of halogens is 1. The van der Waals surface area contributed by atoms with E-state index in [0.717, 1.165) is 38.8 Å². The summed E-state index contributed by atoms with van der Waals surface area (Å²) in [5, 5.41) is 6.46. The minimum Gasteiger partial charge on any atom is -0.373 e. The molecule has 0 aliphatic carbocycles. The molecule has 3 aliphatic heterocycles. The van der Waals surface area contributed by atoms with Gasteiger partial charge in [0.1, 0.15) is 0 Å². The first-order valence-electron chi connectivity index (χ1n) is 6.49. The summed E-state index contributed by atoms with van der Waals surface area (Å²) in [6.07, 6.45) is 6.19. The second kappa shape index (κ2) is 5.55. The largest absolute Gasteiger partial charge is 0.373 e. The number of hydrogen-bond acceptors (Lipinski definition) is 3. The van der Waals surface area contributed by atoms with Gasteiger partial charge < -0.3 is 15.4 Å². The second-order valence-corrected chi connectivity index (χ2v) is 5.27. The van der Waals surface area contributed by atoms with Crippen LogP contribution in [0.1, 0.15) is 32.1 Å². The van der Waals surface area contributed by atoms with Crippen LogP contribution in [0.15, 0.2) is 0 Å². The third kappa shape index (κ3) is 2.75. The molecule has 3 aliphatic rings. The molecular formula is C12H21ClN2O2. The van der Waals surface area contributed by atoms with E-state index in [1.807, 2.05) is 0 Å². The molecule has 1 amide bonds. The van der Waals surface area contributed by atoms with Gasteiger partial charge in [-0.15, -0.1) is 12.4 Å². The smallest absolute Gasteiger partial charge is 0.224 e. The standard InChI is InChI=1S/C12H20N2O2.ClH/c15-12(8-2-1-5-13-7-8)14-10-6-9-3-4-11(10)16-9;/h8-11,13H,1-7H2,(H,14,15);1H. The lowest BCUT2D eigenvalue weighted by Crippen LogP contribution is -2.47. The van der Waals surface area contributed by atoms with Gasteiger partial charge >= 0.3 is 0 Å². The number of piperidine rings is 1. The molecule has 0 spiro atoms. The number of carbonyl (C=O) groups is 1. The van der Waals surface area contributed by atoms with E-state index in [4.69, 9.17) is 4.74 Å². The van der Waals surface area contributed by atoms with E-state index in [2.05, 4.69) is 10.6 Å². The number of hydrogen-bond donors (Lipinski definition) is 2. The number of ether oxygens (including phenoxy) is 1. The molecule has 3 heterocycles. The Morgan fingerprint density at radius 2 is 2.18 bits per heavy atom. The Labute approximate surface area is 108 Å². The maximum absolute atomic E-state index is 12.0. The van der Waals surface area contributed by atoms with Crippen molar-refractivity contribution in [3.05, 3.63) is 0 Å². The quantitative estimate of drug-likeness (QED) is 0.774. The van der Waals surface area contributed by atoms with Crippen LogP contribution >= 0.6 is 12.4 Å². The monoisotopic (exact) mass is 260 g/mol. The summed E-state index contributed by atoms with van der Waals surface area (Å²) in [7, 11) is 0. The van der Waals surface area contributed by atoms with Crippen molar-refractivity contribution < 1.29 is 9.53 Å². The molecule has 3 fully saturated rings. The molecule has 0 aromatic heterocycles. The fourth-order valence-corrected chi connectivity index (χ4v) is 3.17. The molecule has 5 heteroatoms. The van der Waals surface area contributed by atoms with Crippen molar-refractivity contribution in [3.63, 3.8) is 0 Å². The Morgan fingerprint density at radius 1 is 1.29 bits per heavy atom. The number of amides is 1. The zero-order valence-corrected chi connectivity index (χ0v) is 10.8. The van der Waals surface area contributed by atoms with E-state index in [0.29, 0.717) is 12.2 Å². The van der Waals surface area contributed by atoms with E-state index in [9.17, 15) is 4.79 Å². The highest BCUT2D eigenvalue weighted by atomic mass is 35.5. The molecule has 0 radical (unpaired) electrons. The van der Waals surface area contributed by atoms with Gasteiger partial charge in [-0.05, 0) is 38.6 Å². The summed E-state index contributed by atoms with van der Waals surface area (Å²) in [6.45, 7) is 1.90. The molecule has 3 rings (SSSR count). The average Bonchev–Trinajstić information content (AvgIpc) is 2.92. The Kier molecular flexibility index (Phi) is 4.28. The summed E-state index contributed by atoms with van der Waals surface area (Å²) in [5.41, 5.74) is 0. The Bertz CT molecular complexity index is 282. The Balaban J connectivity index is 0.00000108. The molecule has 2 bridgehead atoms. The van der Waals surface area contributed by atoms with Gasteiger partial charge in [-0.25, -0.2) is 0 Å². The minimum absolute atomic E-state index is 0. The van der Waals surface area contributed by atoms with Crippen LogP contribution in [-0.2, 0) is 9.53 Å². The van der Waals surface area contributed by atoms with Crippen molar-refractivity contribution in [1.29, 1.82) is 0 Å². The first-order chi connectivity index (χ1) is 7.83. The summed E-state index contributed by atoms with van der Waals surface area (Å²) in [6, 6.07) is 0.285. The fraction of sp³-hybridized carbons (Fsp3) is 0.917. The van der Waals surface area contributed by atoms with Crippen LogP contribution in [0.5, 0.6) is 0 Å². The zero-order chi connectivity index (χ0) is 11.0. The average molecular weight is 261 g/mol. The number of nitrogens with one attached hydrogen (secondary N) is 2. The number of carbonyl (C=O) groups excluding carboxylic acids is 1. The number of fused-ring (bicyclic) bond motifs is 2. The van der Waals surface area contributed by atoms with Gasteiger partial charge in [0.2, 0.25) is 5.91 Å². The van der Waals surface area contributed by atoms with Crippen molar-refractivity contribution in [2.24, 2.45) is 5.92 Å². The predicted octanol–water partition coefficient (Wildman–Crippen LogP) is 0.844. The lowest BCUT2D eigenvalue weighted by molar-refractivity contribution is -0.126. The van der Waals surface area contributed by atoms with Gasteiger partial charge in [0.25, 0.3) is 0 Å². The van der Waals surface area contributed by atoms with Crippen LogP contribution in [0.4, 0.5) is 0 Å². The van der Waals surface area contributed by atoms with Crippen molar-refractivity contribution >= 4 is 18.3 Å². The predicted molar refractivity (Wildman–Crippen MR) is 67.3 cm³/mol. The van der Waals surface area contributed by atoms with Crippen molar-refractivity contribution in [1.82, 2.24) is 10.6 Å². The van der Waals surface area contributed by atoms with Crippen LogP contribution < -0.4 is 10.6 Å². The molecule has 0 aromatic carbocycles. The van der Waals surface area contributed by atoms with Gasteiger partial charge in [-0.2, -0.15) is 0 Å². The maximum atomic E-state index is 12.0. The van der Waals surface area contributed by atoms with E-state index in [-0.39, 0.29) is 30.3 Å². The maximum Gasteiger partial charge on any atom is 0.224 e. The molecular weight excluding hydrogens is 240 g/mol. The molecule has 98 valence electrons. The minimum atomic E-state index is 0. The van der Waals surface area contributed by atoms with Crippen LogP contribution in [0.3, 0.4) is 0 Å². The van der Waals surface area contributed by atoms with Gasteiger partial charge in [0.15, 0.2) is 0 Å². The van der Waals surface area contributed by atoms with E-state index >= 15 is 0 Å². The third-order valence-corrected chi connectivity index (χ3v) is 4.10. The summed E-state index contributed by atoms with van der Waals surface area (Å²) in [5.74, 6) is 0.404. The lowest BCUT2D eigenvalue weighted by atomic mass is 9.93. The fourth-order valence-electron chi connectivity index (χ4n) is 3.17. The third-order valence-electron chi connectivity index (χ3n) is 4.10. The molecule has 4 unspecified atom stereocenters. The first kappa shape index (κ1) is 13.1. The molecule has 3 saturated heterocycles. The van der Waals surface area contributed by atoms with Gasteiger partial charge in [0.05, 0.1) is 24.2 Å². The van der Waals surface area contributed by atoms with Crippen LogP contribution in [0, 0.1) is 5.92 Å². The van der Waals surface area contributed by atoms with E-state index < -0.39 is 0 Å². The topological polar surface area (TPSA) is 50.4 Å². The van der Waals surface area contributed by atoms with E-state index in [1.54, 1.807) is 0 Å². The molecule has 0 saturated carbocycles. The van der Waals surface area contributed by atoms with Crippen LogP contribution in [0.25, 0.3) is 0 Å². The molecule has 0 aromatic rings. The van der Waals surface area contributed by atoms with E-state index in [1.165, 1.54) is 6.42 Å². The van der Waals surface area contributed by atoms with Crippen LogP contribution in [0.2, 0.25) is 0 Å². The highest BCUT2D eigenvalue weighted by Gasteiger charge is 2.41. The van der Waals surface area contributed by atoms with Gasteiger partial charge in [-0.3, -0.25) is 4.79 Å². The normalized spacial score (nSPS) is 39.8. The first-order valence-corrected chi connectivity index (χ1v) is 6.49. The highest BCUT2D eigenvalue weighted by Crippen LogP contribution is 2.34. The molecule has 17 heavy (non-hydrogen) atoms. The molecule has 4 atom stereocenters. The second-order valence-electron chi connectivity index (χ2n) is 5.27. The van der Waals surface area contributed by atoms with Gasteiger partial charge in [-0.1, -0.05) is 0 Å². The van der Waals surface area contributed by atoms with Gasteiger partial charge in [0, 0.05) is 6.54 Å². The summed E-state index contributed by atoms with van der Waals surface area (Å²) >= 11 is 0. The van der Waals surface area contributed by atoms with Crippen molar-refractivity contribution in [2.45, 2.75) is 50.4 Å². The highest BCUT2D eigenvalue weighted by molar-refractivity contribution is 5.85. The molecule has 4 nitrogen and oxygen atoms in total. The number of rotatable bonds is 2. The summed E-state index contributed by atoms with van der Waals surface area (Å²) in [4.78, 5) is 12.0. The lowest BCUT2D eigenvalue weighted by Gasteiger charge is -2.26. The summed E-state index contributed by atoms with van der Waals surface area (Å²) < 4.78 is 5.74. The van der Waals surface area contributed by atoms with Crippen LogP contribution in [-0.4, -0.2) is 37.2 Å². The van der Waals surface area contributed by atoms with Crippen molar-refractivity contribution in [2.75, 3.05) is 13.1 Å². The Hall–Kier alpha value is -0.320. The van der Waals surface area contributed by atoms with Crippen molar-refractivity contribution in [3.8, 4) is 0 Å².